The van der Waals surface area contributed by atoms with Gasteiger partial charge in [0.1, 0.15) is 0 Å². The number of carbonyl (C=O) groups is 2. The van der Waals surface area contributed by atoms with Crippen LogP contribution in [0.15, 0.2) is 59.3 Å². The van der Waals surface area contributed by atoms with Crippen molar-refractivity contribution in [2.24, 2.45) is 0 Å². The molecule has 0 spiro atoms. The minimum atomic E-state index is -0.762. The Hall–Kier alpha value is -3.95. The first-order valence-corrected chi connectivity index (χ1v) is 9.37. The van der Waals surface area contributed by atoms with Crippen molar-refractivity contribution >= 4 is 17.6 Å². The Bertz CT molecular complexity index is 1060. The molecule has 2 heterocycles. The monoisotopic (exact) mass is 426 g/mol. The number of carbonyl (C=O) groups excluding carboxylic acids is 2. The predicted molar refractivity (Wildman–Crippen MR) is 110 cm³/mol. The van der Waals surface area contributed by atoms with Gasteiger partial charge in [-0.3, -0.25) is 10.1 Å². The summed E-state index contributed by atoms with van der Waals surface area (Å²) < 4.78 is 11.7. The smallest absolute Gasteiger partial charge is 0.336 e. The van der Waals surface area contributed by atoms with Crippen LogP contribution in [-0.4, -0.2) is 40.6 Å². The number of ether oxygens (including phenoxy) is 2. The van der Waals surface area contributed by atoms with Gasteiger partial charge in [-0.1, -0.05) is 12.1 Å². The maximum atomic E-state index is 12.6. The van der Waals surface area contributed by atoms with Gasteiger partial charge in [0.25, 0.3) is 5.69 Å². The first kappa shape index (κ1) is 21.8. The molecule has 1 aromatic heterocycles. The summed E-state index contributed by atoms with van der Waals surface area (Å²) in [5, 5.41) is 13.9. The number of aromatic nitrogens is 2. The van der Waals surface area contributed by atoms with Gasteiger partial charge in [-0.15, -0.1) is 0 Å². The summed E-state index contributed by atoms with van der Waals surface area (Å²) in [5.41, 5.74) is 3.04. The quantitative estimate of drug-likeness (QED) is 0.424. The van der Waals surface area contributed by atoms with Gasteiger partial charge in [-0.25, -0.2) is 14.6 Å². The molecule has 0 bridgehead atoms. The molecule has 3 rings (SSSR count). The molecular formula is C21H22N4O6. The number of hydrogen-bond acceptors (Lipinski definition) is 8. The molecule has 0 unspecified atom stereocenters. The third-order valence-corrected chi connectivity index (χ3v) is 5.11. The fourth-order valence-corrected chi connectivity index (χ4v) is 3.67. The second-order valence-electron chi connectivity index (χ2n) is 6.99. The molecule has 31 heavy (non-hydrogen) atoms. The van der Waals surface area contributed by atoms with Gasteiger partial charge >= 0.3 is 11.9 Å². The minimum Gasteiger partial charge on any atom is -0.466 e. The van der Waals surface area contributed by atoms with E-state index in [1.807, 2.05) is 0 Å². The number of hydrogen-bond donors (Lipinski definition) is 1. The van der Waals surface area contributed by atoms with E-state index in [4.69, 9.17) is 9.47 Å². The van der Waals surface area contributed by atoms with Gasteiger partial charge in [0.05, 0.1) is 48.2 Å². The van der Waals surface area contributed by atoms with Crippen molar-refractivity contribution in [1.29, 1.82) is 0 Å². The number of rotatable bonds is 6. The Labute approximate surface area is 178 Å². The molecule has 0 amide bonds. The average Bonchev–Trinajstić information content (AvgIpc) is 3.20. The predicted octanol–water partition coefficient (Wildman–Crippen LogP) is 2.42. The van der Waals surface area contributed by atoms with Gasteiger partial charge in [-0.05, 0) is 19.4 Å². The van der Waals surface area contributed by atoms with E-state index in [9.17, 15) is 19.7 Å². The highest BCUT2D eigenvalue weighted by molar-refractivity contribution is 5.99. The number of methoxy groups -OCH3 is 2. The summed E-state index contributed by atoms with van der Waals surface area (Å²) in [6.07, 6.45) is 3.15. The largest absolute Gasteiger partial charge is 0.466 e. The Morgan fingerprint density at radius 1 is 1.10 bits per heavy atom. The van der Waals surface area contributed by atoms with Gasteiger partial charge in [-0.2, -0.15) is 0 Å². The van der Waals surface area contributed by atoms with Crippen molar-refractivity contribution in [2.75, 3.05) is 14.2 Å². The van der Waals surface area contributed by atoms with Crippen molar-refractivity contribution in [3.05, 3.63) is 80.7 Å². The van der Waals surface area contributed by atoms with E-state index in [-0.39, 0.29) is 16.8 Å². The highest BCUT2D eigenvalue weighted by atomic mass is 16.6. The molecule has 0 fully saturated rings. The van der Waals surface area contributed by atoms with Crippen LogP contribution in [0.2, 0.25) is 0 Å². The van der Waals surface area contributed by atoms with E-state index in [0.717, 1.165) is 5.56 Å². The zero-order valence-corrected chi connectivity index (χ0v) is 17.5. The molecule has 0 saturated heterocycles. The van der Waals surface area contributed by atoms with E-state index >= 15 is 0 Å². The number of nitro groups is 1. The number of benzene rings is 1. The highest BCUT2D eigenvalue weighted by Gasteiger charge is 2.39. The second kappa shape index (κ2) is 8.82. The van der Waals surface area contributed by atoms with Crippen molar-refractivity contribution in [3.63, 3.8) is 0 Å². The number of imidazole rings is 1. The van der Waals surface area contributed by atoms with Crippen molar-refractivity contribution in [1.82, 2.24) is 14.9 Å². The van der Waals surface area contributed by atoms with Gasteiger partial charge in [0.15, 0.2) is 0 Å². The number of dihydropyridines is 1. The van der Waals surface area contributed by atoms with E-state index < -0.39 is 22.8 Å². The molecular weight excluding hydrogens is 404 g/mol. The normalized spacial score (nSPS) is 14.3. The standard InChI is InChI=1S/C21H22N4O6/c1-12-17(20(26)30-3)19(18(13(2)23-12)21(27)31-4)16-9-22-11-24(16)10-14-5-7-15(8-6-14)25(28)29/h5-9,11,19,23H,10H2,1-4H3. The minimum absolute atomic E-state index is 0.00830. The lowest BCUT2D eigenvalue weighted by Crippen LogP contribution is -2.33. The average molecular weight is 426 g/mol. The van der Waals surface area contributed by atoms with Crippen LogP contribution >= 0.6 is 0 Å². The van der Waals surface area contributed by atoms with Gasteiger partial charge < -0.3 is 19.4 Å². The molecule has 1 aliphatic rings. The van der Waals surface area contributed by atoms with Crippen molar-refractivity contribution < 1.29 is 24.0 Å². The molecule has 10 nitrogen and oxygen atoms in total. The van der Waals surface area contributed by atoms with E-state index in [1.54, 1.807) is 43.1 Å². The Morgan fingerprint density at radius 2 is 1.65 bits per heavy atom. The second-order valence-corrected chi connectivity index (χ2v) is 6.99. The number of allylic oxidation sites excluding steroid dienone is 2. The maximum absolute atomic E-state index is 12.6. The molecule has 0 radical (unpaired) electrons. The summed E-state index contributed by atoms with van der Waals surface area (Å²) in [6, 6.07) is 6.14. The van der Waals surface area contributed by atoms with Crippen LogP contribution in [-0.2, 0) is 25.6 Å². The van der Waals surface area contributed by atoms with E-state index in [0.29, 0.717) is 23.6 Å². The first-order chi connectivity index (χ1) is 14.8. The highest BCUT2D eigenvalue weighted by Crippen LogP contribution is 2.39. The third kappa shape index (κ3) is 4.18. The number of nitrogens with zero attached hydrogens (tertiary/aromatic N) is 3. The molecule has 0 saturated carbocycles. The zero-order chi connectivity index (χ0) is 22.7. The number of nitro benzene ring substituents is 1. The topological polar surface area (TPSA) is 126 Å². The molecule has 1 N–H and O–H groups in total. The number of non-ortho nitro benzene ring substituents is 1. The summed E-state index contributed by atoms with van der Waals surface area (Å²) >= 11 is 0. The number of nitrogens with one attached hydrogen (secondary N) is 1. The van der Waals surface area contributed by atoms with Gasteiger partial charge in [0.2, 0.25) is 0 Å². The third-order valence-electron chi connectivity index (χ3n) is 5.11. The van der Waals surface area contributed by atoms with Crippen LogP contribution in [0.3, 0.4) is 0 Å². The Balaban J connectivity index is 2.08. The lowest BCUT2D eigenvalue weighted by atomic mass is 9.83. The van der Waals surface area contributed by atoms with Crippen LogP contribution in [0.4, 0.5) is 5.69 Å². The van der Waals surface area contributed by atoms with Crippen molar-refractivity contribution in [3.8, 4) is 0 Å². The number of esters is 2. The molecule has 10 heteroatoms. The molecule has 0 aliphatic carbocycles. The fraction of sp³-hybridized carbons (Fsp3) is 0.286. The first-order valence-electron chi connectivity index (χ1n) is 9.37. The molecule has 0 atom stereocenters. The Kier molecular flexibility index (Phi) is 6.19. The van der Waals surface area contributed by atoms with Crippen LogP contribution in [0, 0.1) is 10.1 Å². The SMILES string of the molecule is COC(=O)C1=C(C)NC(C)=C(C(=O)OC)C1c1cncn1Cc1ccc([N+](=O)[O-])cc1. The zero-order valence-electron chi connectivity index (χ0n) is 17.5. The fourth-order valence-electron chi connectivity index (χ4n) is 3.67. The molecule has 162 valence electrons. The van der Waals surface area contributed by atoms with Gasteiger partial charge in [0, 0.05) is 36.3 Å². The molecule has 2 aromatic rings. The summed E-state index contributed by atoms with van der Waals surface area (Å²) in [7, 11) is 2.55. The lowest BCUT2D eigenvalue weighted by molar-refractivity contribution is -0.384. The van der Waals surface area contributed by atoms with Crippen LogP contribution in [0.25, 0.3) is 0 Å². The lowest BCUT2D eigenvalue weighted by Gasteiger charge is -2.30. The summed E-state index contributed by atoms with van der Waals surface area (Å²) in [5.74, 6) is -1.92. The van der Waals surface area contributed by atoms with Crippen molar-refractivity contribution in [2.45, 2.75) is 26.3 Å². The Morgan fingerprint density at radius 3 is 2.13 bits per heavy atom. The van der Waals surface area contributed by atoms with Crippen LogP contribution in [0.5, 0.6) is 0 Å². The molecule has 1 aliphatic heterocycles. The summed E-state index contributed by atoms with van der Waals surface area (Å²) in [6.45, 7) is 3.79. The van der Waals surface area contributed by atoms with Crippen LogP contribution in [0.1, 0.15) is 31.0 Å². The van der Waals surface area contributed by atoms with Crippen LogP contribution < -0.4 is 5.32 Å². The van der Waals surface area contributed by atoms with E-state index in [1.165, 1.54) is 26.4 Å². The van der Waals surface area contributed by atoms with E-state index in [2.05, 4.69) is 10.3 Å². The summed E-state index contributed by atoms with van der Waals surface area (Å²) in [4.78, 5) is 39.9. The maximum Gasteiger partial charge on any atom is 0.336 e. The molecule has 1 aromatic carbocycles.